The Kier molecular flexibility index (Phi) is 4.58. The molecule has 1 aromatic heterocycles. The predicted molar refractivity (Wildman–Crippen MR) is 73.3 cm³/mol. The van der Waals surface area contributed by atoms with E-state index in [0.29, 0.717) is 17.8 Å². The van der Waals surface area contributed by atoms with Gasteiger partial charge in [0, 0.05) is 12.4 Å². The molecule has 2 rings (SSSR count). The van der Waals surface area contributed by atoms with E-state index >= 15 is 0 Å². The molecule has 0 fully saturated rings. The van der Waals surface area contributed by atoms with Gasteiger partial charge in [0.2, 0.25) is 0 Å². The largest absolute Gasteiger partial charge is 0.307 e. The number of likely N-dealkylation sites (N-methyl/N-ethyl adjacent to an activating group) is 1. The van der Waals surface area contributed by atoms with E-state index in [9.17, 15) is 4.39 Å². The summed E-state index contributed by atoms with van der Waals surface area (Å²) >= 11 is 0. The van der Waals surface area contributed by atoms with E-state index in [2.05, 4.69) is 15.3 Å². The zero-order valence-electron chi connectivity index (χ0n) is 11.2. The Morgan fingerprint density at radius 3 is 2.53 bits per heavy atom. The van der Waals surface area contributed by atoms with Crippen LogP contribution in [0.15, 0.2) is 36.7 Å². The van der Waals surface area contributed by atoms with Gasteiger partial charge >= 0.3 is 0 Å². The molecule has 1 heterocycles. The summed E-state index contributed by atoms with van der Waals surface area (Å²) in [6.45, 7) is 4.75. The van der Waals surface area contributed by atoms with Gasteiger partial charge in [0.25, 0.3) is 0 Å². The number of rotatable bonds is 5. The van der Waals surface area contributed by atoms with Crippen molar-refractivity contribution in [2.24, 2.45) is 0 Å². The van der Waals surface area contributed by atoms with Gasteiger partial charge in [-0.05, 0) is 37.1 Å². The van der Waals surface area contributed by atoms with Gasteiger partial charge in [0.1, 0.15) is 11.6 Å². The predicted octanol–water partition coefficient (Wildman–Crippen LogP) is 2.82. The van der Waals surface area contributed by atoms with Gasteiger partial charge in [0.05, 0.1) is 6.04 Å². The number of hydrogen-bond acceptors (Lipinski definition) is 3. The molecule has 19 heavy (non-hydrogen) atoms. The molecule has 0 radical (unpaired) electrons. The van der Waals surface area contributed by atoms with Crippen molar-refractivity contribution in [1.29, 1.82) is 0 Å². The maximum Gasteiger partial charge on any atom is 0.145 e. The van der Waals surface area contributed by atoms with Gasteiger partial charge in [-0.25, -0.2) is 14.4 Å². The van der Waals surface area contributed by atoms with Crippen LogP contribution in [-0.4, -0.2) is 16.5 Å². The van der Waals surface area contributed by atoms with E-state index in [1.54, 1.807) is 24.5 Å². The summed E-state index contributed by atoms with van der Waals surface area (Å²) in [7, 11) is 0. The van der Waals surface area contributed by atoms with Gasteiger partial charge in [-0.2, -0.15) is 0 Å². The lowest BCUT2D eigenvalue weighted by molar-refractivity contribution is 0.505. The smallest absolute Gasteiger partial charge is 0.145 e. The van der Waals surface area contributed by atoms with Crippen molar-refractivity contribution in [3.05, 3.63) is 59.4 Å². The van der Waals surface area contributed by atoms with Gasteiger partial charge in [0.15, 0.2) is 0 Å². The van der Waals surface area contributed by atoms with Crippen LogP contribution in [0.25, 0.3) is 0 Å². The fourth-order valence-corrected chi connectivity index (χ4v) is 1.97. The Labute approximate surface area is 112 Å². The zero-order valence-corrected chi connectivity index (χ0v) is 11.2. The SMILES string of the molecule is CCNC(Cc1ccccc1F)c1ncc(C)cn1. The maximum absolute atomic E-state index is 13.7. The fourth-order valence-electron chi connectivity index (χ4n) is 1.97. The van der Waals surface area contributed by atoms with Crippen LogP contribution < -0.4 is 5.32 Å². The topological polar surface area (TPSA) is 37.8 Å². The minimum absolute atomic E-state index is 0.0671. The average Bonchev–Trinajstić information content (AvgIpc) is 2.42. The third-order valence-electron chi connectivity index (χ3n) is 2.94. The molecule has 0 spiro atoms. The molecule has 0 aliphatic rings. The van der Waals surface area contributed by atoms with E-state index in [-0.39, 0.29) is 11.9 Å². The molecule has 0 aliphatic carbocycles. The molecular formula is C15H18FN3. The fraction of sp³-hybridized carbons (Fsp3) is 0.333. The first-order valence-electron chi connectivity index (χ1n) is 6.46. The molecule has 0 saturated heterocycles. The van der Waals surface area contributed by atoms with Crippen molar-refractivity contribution < 1.29 is 4.39 Å². The summed E-state index contributed by atoms with van der Waals surface area (Å²) in [5, 5.41) is 3.30. The molecule has 0 saturated carbocycles. The normalized spacial score (nSPS) is 12.4. The lowest BCUT2D eigenvalue weighted by atomic mass is 10.0. The molecule has 0 aliphatic heterocycles. The van der Waals surface area contributed by atoms with Crippen molar-refractivity contribution >= 4 is 0 Å². The molecule has 0 amide bonds. The molecule has 3 nitrogen and oxygen atoms in total. The molecule has 1 unspecified atom stereocenters. The first-order chi connectivity index (χ1) is 9.20. The maximum atomic E-state index is 13.7. The third-order valence-corrected chi connectivity index (χ3v) is 2.94. The number of nitrogens with zero attached hydrogens (tertiary/aromatic N) is 2. The first-order valence-corrected chi connectivity index (χ1v) is 6.46. The number of aryl methyl sites for hydroxylation is 1. The van der Waals surface area contributed by atoms with Crippen molar-refractivity contribution in [2.45, 2.75) is 26.3 Å². The van der Waals surface area contributed by atoms with Crippen LogP contribution in [-0.2, 0) is 6.42 Å². The quantitative estimate of drug-likeness (QED) is 0.897. The molecular weight excluding hydrogens is 241 g/mol. The van der Waals surface area contributed by atoms with Crippen LogP contribution in [0.3, 0.4) is 0 Å². The first kappa shape index (κ1) is 13.6. The minimum atomic E-state index is -0.183. The van der Waals surface area contributed by atoms with Crippen molar-refractivity contribution in [3.8, 4) is 0 Å². The van der Waals surface area contributed by atoms with Crippen LogP contribution in [0, 0.1) is 12.7 Å². The molecule has 1 aromatic carbocycles. The number of benzene rings is 1. The van der Waals surface area contributed by atoms with Crippen LogP contribution in [0.1, 0.15) is 29.9 Å². The van der Waals surface area contributed by atoms with Gasteiger partial charge in [-0.1, -0.05) is 25.1 Å². The molecule has 4 heteroatoms. The van der Waals surface area contributed by atoms with E-state index in [0.717, 1.165) is 12.1 Å². The third kappa shape index (κ3) is 3.58. The van der Waals surface area contributed by atoms with Crippen molar-refractivity contribution in [1.82, 2.24) is 15.3 Å². The number of aromatic nitrogens is 2. The molecule has 0 bridgehead atoms. The molecule has 1 atom stereocenters. The lowest BCUT2D eigenvalue weighted by Crippen LogP contribution is -2.25. The average molecular weight is 259 g/mol. The van der Waals surface area contributed by atoms with E-state index in [1.165, 1.54) is 6.07 Å². The van der Waals surface area contributed by atoms with Crippen LogP contribution in [0.2, 0.25) is 0 Å². The molecule has 2 aromatic rings. The van der Waals surface area contributed by atoms with Crippen molar-refractivity contribution in [3.63, 3.8) is 0 Å². The standard InChI is InChI=1S/C15H18FN3/c1-3-17-14(15-18-9-11(2)10-19-15)8-12-6-4-5-7-13(12)16/h4-7,9-10,14,17H,3,8H2,1-2H3. The monoisotopic (exact) mass is 259 g/mol. The second kappa shape index (κ2) is 6.38. The van der Waals surface area contributed by atoms with Crippen LogP contribution in [0.5, 0.6) is 0 Å². The highest BCUT2D eigenvalue weighted by atomic mass is 19.1. The highest BCUT2D eigenvalue weighted by Gasteiger charge is 2.15. The second-order valence-electron chi connectivity index (χ2n) is 4.52. The molecule has 100 valence electrons. The lowest BCUT2D eigenvalue weighted by Gasteiger charge is -2.17. The molecule has 1 N–H and O–H groups in total. The van der Waals surface area contributed by atoms with E-state index < -0.39 is 0 Å². The Morgan fingerprint density at radius 2 is 1.89 bits per heavy atom. The van der Waals surface area contributed by atoms with E-state index in [1.807, 2.05) is 19.9 Å². The summed E-state index contributed by atoms with van der Waals surface area (Å²) in [5.41, 5.74) is 1.70. The number of halogens is 1. The highest BCUT2D eigenvalue weighted by molar-refractivity contribution is 5.20. The zero-order chi connectivity index (χ0) is 13.7. The number of nitrogens with one attached hydrogen (secondary N) is 1. The Hall–Kier alpha value is -1.81. The van der Waals surface area contributed by atoms with Crippen molar-refractivity contribution in [2.75, 3.05) is 6.54 Å². The van der Waals surface area contributed by atoms with Gasteiger partial charge < -0.3 is 5.32 Å². The minimum Gasteiger partial charge on any atom is -0.307 e. The van der Waals surface area contributed by atoms with Crippen LogP contribution >= 0.6 is 0 Å². The highest BCUT2D eigenvalue weighted by Crippen LogP contribution is 2.17. The Balaban J connectivity index is 2.21. The summed E-state index contributed by atoms with van der Waals surface area (Å²) in [4.78, 5) is 8.65. The summed E-state index contributed by atoms with van der Waals surface area (Å²) in [6, 6.07) is 6.76. The summed E-state index contributed by atoms with van der Waals surface area (Å²) < 4.78 is 13.7. The Bertz CT molecular complexity index is 525. The summed E-state index contributed by atoms with van der Waals surface area (Å²) in [5.74, 6) is 0.521. The Morgan fingerprint density at radius 1 is 1.21 bits per heavy atom. The van der Waals surface area contributed by atoms with Gasteiger partial charge in [-0.15, -0.1) is 0 Å². The second-order valence-corrected chi connectivity index (χ2v) is 4.52. The van der Waals surface area contributed by atoms with E-state index in [4.69, 9.17) is 0 Å². The van der Waals surface area contributed by atoms with Crippen LogP contribution in [0.4, 0.5) is 4.39 Å². The van der Waals surface area contributed by atoms with Gasteiger partial charge in [-0.3, -0.25) is 0 Å². The summed E-state index contributed by atoms with van der Waals surface area (Å²) in [6.07, 6.45) is 4.12. The number of hydrogen-bond donors (Lipinski definition) is 1.